The molecular weight excluding hydrogens is 326 g/mol. The average Bonchev–Trinajstić information content (AvgIpc) is 2.69. The van der Waals surface area contributed by atoms with Crippen molar-refractivity contribution < 1.29 is 0 Å². The molecule has 1 fully saturated rings. The summed E-state index contributed by atoms with van der Waals surface area (Å²) in [6.07, 6.45) is 9.24. The molecule has 1 saturated heterocycles. The Balaban J connectivity index is 1.55. The molecule has 1 aliphatic heterocycles. The van der Waals surface area contributed by atoms with E-state index in [9.17, 15) is 0 Å². The summed E-state index contributed by atoms with van der Waals surface area (Å²) in [5, 5.41) is 3.27. The van der Waals surface area contributed by atoms with E-state index in [4.69, 9.17) is 4.98 Å². The Morgan fingerprint density at radius 3 is 2.50 bits per heavy atom. The Hall–Kier alpha value is -3.09. The van der Waals surface area contributed by atoms with Crippen molar-refractivity contribution in [3.63, 3.8) is 0 Å². The number of nitrogens with one attached hydrogen (secondary N) is 1. The summed E-state index contributed by atoms with van der Waals surface area (Å²) >= 11 is 0. The third-order valence-corrected chi connectivity index (χ3v) is 4.47. The van der Waals surface area contributed by atoms with Crippen LogP contribution in [-0.2, 0) is 0 Å². The van der Waals surface area contributed by atoms with Gasteiger partial charge in [-0.25, -0.2) is 19.9 Å². The Labute approximate surface area is 152 Å². The van der Waals surface area contributed by atoms with E-state index in [0.29, 0.717) is 11.9 Å². The van der Waals surface area contributed by atoms with E-state index in [1.807, 2.05) is 19.1 Å². The van der Waals surface area contributed by atoms with Crippen molar-refractivity contribution >= 4 is 17.6 Å². The summed E-state index contributed by atoms with van der Waals surface area (Å²) in [5.41, 5.74) is 3.03. The van der Waals surface area contributed by atoms with Gasteiger partial charge in [0.25, 0.3) is 0 Å². The number of hydrogen-bond donors (Lipinski definition) is 1. The smallest absolute Gasteiger partial charge is 0.227 e. The lowest BCUT2D eigenvalue weighted by atomic mass is 9.94. The zero-order valence-corrected chi connectivity index (χ0v) is 14.7. The van der Waals surface area contributed by atoms with E-state index < -0.39 is 0 Å². The lowest BCUT2D eigenvalue weighted by molar-refractivity contribution is 0.495. The van der Waals surface area contributed by atoms with Crippen LogP contribution in [0.5, 0.6) is 0 Å². The molecule has 0 aromatic carbocycles. The van der Waals surface area contributed by atoms with Crippen molar-refractivity contribution in [3.8, 4) is 0 Å². The third kappa shape index (κ3) is 3.77. The van der Waals surface area contributed by atoms with Crippen molar-refractivity contribution in [1.82, 2.24) is 24.9 Å². The highest BCUT2D eigenvalue weighted by Gasteiger charge is 2.24. The molecule has 1 N–H and O–H groups in total. The van der Waals surface area contributed by atoms with Crippen LogP contribution in [-0.4, -0.2) is 38.0 Å². The first-order valence-corrected chi connectivity index (χ1v) is 8.82. The van der Waals surface area contributed by atoms with Crippen LogP contribution in [0.3, 0.4) is 0 Å². The van der Waals surface area contributed by atoms with Crippen LogP contribution in [0.1, 0.15) is 30.1 Å². The maximum absolute atomic E-state index is 4.78. The van der Waals surface area contributed by atoms with E-state index in [1.54, 1.807) is 30.9 Å². The summed E-state index contributed by atoms with van der Waals surface area (Å²) in [6.45, 7) is 3.87. The molecule has 0 bridgehead atoms. The van der Waals surface area contributed by atoms with Crippen LogP contribution in [0, 0.1) is 6.92 Å². The highest BCUT2D eigenvalue weighted by atomic mass is 15.2. The second kappa shape index (κ2) is 7.43. The lowest BCUT2D eigenvalue weighted by Gasteiger charge is -2.32. The van der Waals surface area contributed by atoms with E-state index in [-0.39, 0.29) is 0 Å². The fourth-order valence-corrected chi connectivity index (χ4v) is 3.32. The first-order chi connectivity index (χ1) is 12.8. The van der Waals surface area contributed by atoms with Crippen molar-refractivity contribution in [2.45, 2.75) is 25.7 Å². The molecule has 0 radical (unpaired) electrons. The van der Waals surface area contributed by atoms with Gasteiger partial charge >= 0.3 is 0 Å². The van der Waals surface area contributed by atoms with Gasteiger partial charge in [0.1, 0.15) is 0 Å². The van der Waals surface area contributed by atoms with Crippen LogP contribution >= 0.6 is 0 Å². The molecule has 26 heavy (non-hydrogen) atoms. The van der Waals surface area contributed by atoms with Gasteiger partial charge in [-0.05, 0) is 44.0 Å². The predicted octanol–water partition coefficient (Wildman–Crippen LogP) is 3.10. The van der Waals surface area contributed by atoms with Crippen LogP contribution in [0.4, 0.5) is 17.6 Å². The molecule has 0 amide bonds. The Kier molecular flexibility index (Phi) is 4.68. The maximum atomic E-state index is 4.78. The minimum atomic E-state index is 0.352. The molecule has 132 valence electrons. The van der Waals surface area contributed by atoms with Crippen LogP contribution in [0.15, 0.2) is 49.1 Å². The quantitative estimate of drug-likeness (QED) is 0.777. The van der Waals surface area contributed by atoms with Gasteiger partial charge in [-0.15, -0.1) is 0 Å². The van der Waals surface area contributed by atoms with Gasteiger partial charge in [-0.2, -0.15) is 0 Å². The Morgan fingerprint density at radius 2 is 1.73 bits per heavy atom. The van der Waals surface area contributed by atoms with Gasteiger partial charge in [-0.3, -0.25) is 4.98 Å². The minimum Gasteiger partial charge on any atom is -0.340 e. The lowest BCUT2D eigenvalue weighted by Crippen LogP contribution is -2.35. The molecule has 7 nitrogen and oxygen atoms in total. The van der Waals surface area contributed by atoms with Crippen LogP contribution in [0.2, 0.25) is 0 Å². The van der Waals surface area contributed by atoms with Crippen molar-refractivity contribution in [2.24, 2.45) is 0 Å². The normalized spacial score (nSPS) is 17.1. The molecule has 1 atom stereocenters. The standard InChI is InChI=1S/C19H21N7/c1-14-11-16(25-18-20-6-3-7-21-18)12-17(24-14)15-5-2-10-26(13-15)19-22-8-4-9-23-19/h3-4,6-9,11-12,15H,2,5,10,13H2,1H3,(H,20,21,24,25)/t15-/m1/s1. The molecule has 3 aromatic rings. The number of nitrogens with zero attached hydrogens (tertiary/aromatic N) is 6. The molecule has 0 saturated carbocycles. The van der Waals surface area contributed by atoms with E-state index in [1.165, 1.54) is 0 Å². The Morgan fingerprint density at radius 1 is 1.00 bits per heavy atom. The van der Waals surface area contributed by atoms with E-state index >= 15 is 0 Å². The predicted molar refractivity (Wildman–Crippen MR) is 101 cm³/mol. The first-order valence-electron chi connectivity index (χ1n) is 8.82. The van der Waals surface area contributed by atoms with Crippen LogP contribution < -0.4 is 10.2 Å². The number of aromatic nitrogens is 5. The molecule has 0 aliphatic carbocycles. The number of pyridine rings is 1. The monoisotopic (exact) mass is 347 g/mol. The highest BCUT2D eigenvalue weighted by Crippen LogP contribution is 2.29. The molecule has 1 aliphatic rings. The number of rotatable bonds is 4. The molecular formula is C19H21N7. The van der Waals surface area contributed by atoms with E-state index in [0.717, 1.165) is 49.0 Å². The zero-order chi connectivity index (χ0) is 17.8. The molecule has 4 rings (SSSR count). The van der Waals surface area contributed by atoms with E-state index in [2.05, 4.69) is 36.2 Å². The maximum Gasteiger partial charge on any atom is 0.227 e. The summed E-state index contributed by atoms with van der Waals surface area (Å²) in [5.74, 6) is 1.73. The van der Waals surface area contributed by atoms with Gasteiger partial charge in [0.2, 0.25) is 11.9 Å². The van der Waals surface area contributed by atoms with Gasteiger partial charge in [-0.1, -0.05) is 0 Å². The summed E-state index contributed by atoms with van der Waals surface area (Å²) in [7, 11) is 0. The van der Waals surface area contributed by atoms with Gasteiger partial charge < -0.3 is 10.2 Å². The molecule has 0 spiro atoms. The number of hydrogen-bond acceptors (Lipinski definition) is 7. The van der Waals surface area contributed by atoms with Crippen molar-refractivity contribution in [1.29, 1.82) is 0 Å². The minimum absolute atomic E-state index is 0.352. The summed E-state index contributed by atoms with van der Waals surface area (Å²) in [4.78, 5) is 24.3. The Bertz CT molecular complexity index is 854. The van der Waals surface area contributed by atoms with Gasteiger partial charge in [0.15, 0.2) is 0 Å². The first kappa shape index (κ1) is 16.4. The van der Waals surface area contributed by atoms with Gasteiger partial charge in [0, 0.05) is 60.9 Å². The van der Waals surface area contributed by atoms with Crippen LogP contribution in [0.25, 0.3) is 0 Å². The summed E-state index contributed by atoms with van der Waals surface area (Å²) < 4.78 is 0. The molecule has 4 heterocycles. The largest absolute Gasteiger partial charge is 0.340 e. The fourth-order valence-electron chi connectivity index (χ4n) is 3.32. The zero-order valence-electron chi connectivity index (χ0n) is 14.7. The fraction of sp³-hybridized carbons (Fsp3) is 0.316. The highest BCUT2D eigenvalue weighted by molar-refractivity contribution is 5.54. The van der Waals surface area contributed by atoms with Crippen molar-refractivity contribution in [3.05, 3.63) is 60.4 Å². The van der Waals surface area contributed by atoms with Crippen molar-refractivity contribution in [2.75, 3.05) is 23.3 Å². The molecule has 3 aromatic heterocycles. The SMILES string of the molecule is Cc1cc(Nc2ncccn2)cc([C@@H]2CCCN(c3ncccn3)C2)n1. The van der Waals surface area contributed by atoms with Gasteiger partial charge in [0.05, 0.1) is 0 Å². The average molecular weight is 347 g/mol. The summed E-state index contributed by atoms with van der Waals surface area (Å²) in [6, 6.07) is 7.76. The second-order valence-electron chi connectivity index (χ2n) is 6.45. The topological polar surface area (TPSA) is 79.7 Å². The molecule has 7 heteroatoms. The molecule has 0 unspecified atom stereocenters. The number of aryl methyl sites for hydroxylation is 1. The number of anilines is 3. The second-order valence-corrected chi connectivity index (χ2v) is 6.45. The third-order valence-electron chi connectivity index (χ3n) is 4.47. The number of piperidine rings is 1.